The molecule has 0 atom stereocenters. The lowest BCUT2D eigenvalue weighted by atomic mass is 10.6. The molecule has 0 aromatic heterocycles. The maximum Gasteiger partial charge on any atom is 0.421 e. The molecule has 1 N–H and O–H groups in total. The minimum Gasteiger partial charge on any atom is -0.449 e. The number of hydrogen-bond donors (Lipinski definition) is 1. The van der Waals surface area contributed by atoms with Crippen molar-refractivity contribution in [3.05, 3.63) is 0 Å². The van der Waals surface area contributed by atoms with Crippen LogP contribution in [-0.2, 0) is 14.9 Å². The first-order valence-corrected chi connectivity index (χ1v) is 6.59. The van der Waals surface area contributed by atoms with Gasteiger partial charge in [-0.1, -0.05) is 0 Å². The molecule has 0 unspecified atom stereocenters. The second-order valence-electron chi connectivity index (χ2n) is 2.77. The third-order valence-corrected chi connectivity index (χ3v) is 3.11. The van der Waals surface area contributed by atoms with E-state index in [0.29, 0.717) is 4.31 Å². The van der Waals surface area contributed by atoms with Gasteiger partial charge in [-0.25, -0.2) is 18.3 Å². The zero-order chi connectivity index (χ0) is 13.5. The van der Waals surface area contributed by atoms with Crippen molar-refractivity contribution < 1.29 is 26.7 Å². The number of ether oxygens (including phenoxy) is 1. The molecule has 0 aromatic carbocycles. The summed E-state index contributed by atoms with van der Waals surface area (Å²) in [4.78, 5) is 10.9. The Hall–Kier alpha value is -0.670. The Kier molecular flexibility index (Phi) is 7.32. The quantitative estimate of drug-likeness (QED) is 0.704. The van der Waals surface area contributed by atoms with Crippen LogP contribution in [0.4, 0.5) is 13.6 Å². The SMILES string of the molecule is CCOC(=O)NS(=O)(=O)N(CCCl)CC(F)F. The van der Waals surface area contributed by atoms with Crippen LogP contribution in [-0.4, -0.2) is 50.8 Å². The van der Waals surface area contributed by atoms with Gasteiger partial charge in [0, 0.05) is 12.4 Å². The zero-order valence-corrected chi connectivity index (χ0v) is 10.6. The number of hydrogen-bond acceptors (Lipinski definition) is 4. The second kappa shape index (κ2) is 7.62. The third-order valence-electron chi connectivity index (χ3n) is 1.50. The van der Waals surface area contributed by atoms with Crippen molar-refractivity contribution >= 4 is 27.9 Å². The summed E-state index contributed by atoms with van der Waals surface area (Å²) in [5.41, 5.74) is 0. The summed E-state index contributed by atoms with van der Waals surface area (Å²) in [7, 11) is -4.36. The van der Waals surface area contributed by atoms with Gasteiger partial charge in [-0.05, 0) is 6.92 Å². The summed E-state index contributed by atoms with van der Waals surface area (Å²) in [5, 5.41) is 0. The van der Waals surface area contributed by atoms with Gasteiger partial charge in [-0.15, -0.1) is 11.6 Å². The topological polar surface area (TPSA) is 75.7 Å². The highest BCUT2D eigenvalue weighted by molar-refractivity contribution is 7.87. The molecule has 10 heteroatoms. The highest BCUT2D eigenvalue weighted by atomic mass is 35.5. The van der Waals surface area contributed by atoms with Gasteiger partial charge in [0.25, 0.3) is 6.43 Å². The summed E-state index contributed by atoms with van der Waals surface area (Å²) in [5.74, 6) is -0.170. The minimum atomic E-state index is -4.36. The molecule has 0 aromatic rings. The molecule has 17 heavy (non-hydrogen) atoms. The number of alkyl halides is 3. The molecular formula is C7H13ClF2N2O4S. The summed E-state index contributed by atoms with van der Waals surface area (Å²) in [6.45, 7) is 0.0652. The molecule has 1 amide bonds. The second-order valence-corrected chi connectivity index (χ2v) is 4.81. The molecule has 102 valence electrons. The number of rotatable bonds is 7. The fourth-order valence-corrected chi connectivity index (χ4v) is 2.23. The number of halogens is 3. The predicted molar refractivity (Wildman–Crippen MR) is 57.4 cm³/mol. The molecule has 6 nitrogen and oxygen atoms in total. The van der Waals surface area contributed by atoms with Crippen molar-refractivity contribution in [3.8, 4) is 0 Å². The first-order chi connectivity index (χ1) is 7.83. The lowest BCUT2D eigenvalue weighted by Crippen LogP contribution is -2.46. The van der Waals surface area contributed by atoms with E-state index in [9.17, 15) is 22.0 Å². The van der Waals surface area contributed by atoms with Crippen molar-refractivity contribution in [2.45, 2.75) is 13.3 Å². The van der Waals surface area contributed by atoms with Crippen molar-refractivity contribution in [2.75, 3.05) is 25.6 Å². The highest BCUT2D eigenvalue weighted by Gasteiger charge is 2.26. The van der Waals surface area contributed by atoms with Crippen LogP contribution >= 0.6 is 11.6 Å². The molecule has 0 aliphatic rings. The van der Waals surface area contributed by atoms with Gasteiger partial charge >= 0.3 is 16.3 Å². The van der Waals surface area contributed by atoms with Crippen molar-refractivity contribution in [1.29, 1.82) is 0 Å². The summed E-state index contributed by atoms with van der Waals surface area (Å²) < 4.78 is 53.4. The van der Waals surface area contributed by atoms with Gasteiger partial charge in [0.2, 0.25) is 0 Å². The van der Waals surface area contributed by atoms with Gasteiger partial charge in [0.05, 0.1) is 13.2 Å². The van der Waals surface area contributed by atoms with Gasteiger partial charge < -0.3 is 4.74 Å². The van der Waals surface area contributed by atoms with Crippen LogP contribution in [0.1, 0.15) is 6.92 Å². The van der Waals surface area contributed by atoms with Crippen LogP contribution in [0.15, 0.2) is 0 Å². The predicted octanol–water partition coefficient (Wildman–Crippen LogP) is 0.783. The zero-order valence-electron chi connectivity index (χ0n) is 9.03. The Morgan fingerprint density at radius 1 is 1.53 bits per heavy atom. The third kappa shape index (κ3) is 6.59. The Morgan fingerprint density at radius 2 is 2.12 bits per heavy atom. The molecule has 0 aliphatic heterocycles. The van der Waals surface area contributed by atoms with E-state index in [1.54, 1.807) is 0 Å². The maximum absolute atomic E-state index is 12.1. The van der Waals surface area contributed by atoms with E-state index in [0.717, 1.165) is 0 Å². The largest absolute Gasteiger partial charge is 0.449 e. The van der Waals surface area contributed by atoms with Crippen molar-refractivity contribution in [1.82, 2.24) is 9.03 Å². The molecule has 0 spiro atoms. The average Bonchev–Trinajstić information content (AvgIpc) is 2.15. The van der Waals surface area contributed by atoms with Crippen LogP contribution < -0.4 is 4.72 Å². The van der Waals surface area contributed by atoms with E-state index >= 15 is 0 Å². The van der Waals surface area contributed by atoms with Crippen LogP contribution in [0.3, 0.4) is 0 Å². The van der Waals surface area contributed by atoms with Crippen molar-refractivity contribution in [3.63, 3.8) is 0 Å². The van der Waals surface area contributed by atoms with Gasteiger partial charge in [-0.3, -0.25) is 0 Å². The Morgan fingerprint density at radius 3 is 2.53 bits per heavy atom. The lowest BCUT2D eigenvalue weighted by Gasteiger charge is -2.20. The van der Waals surface area contributed by atoms with E-state index in [1.165, 1.54) is 11.6 Å². The van der Waals surface area contributed by atoms with E-state index in [4.69, 9.17) is 11.6 Å². The van der Waals surface area contributed by atoms with Crippen molar-refractivity contribution in [2.24, 2.45) is 0 Å². The first kappa shape index (κ1) is 16.3. The van der Waals surface area contributed by atoms with E-state index in [-0.39, 0.29) is 19.0 Å². The maximum atomic E-state index is 12.1. The lowest BCUT2D eigenvalue weighted by molar-refractivity contribution is 0.120. The van der Waals surface area contributed by atoms with Crippen LogP contribution in [0.2, 0.25) is 0 Å². The van der Waals surface area contributed by atoms with Gasteiger partial charge in [0.15, 0.2) is 0 Å². The van der Waals surface area contributed by atoms with Crippen LogP contribution in [0, 0.1) is 0 Å². The molecule has 0 radical (unpaired) electrons. The first-order valence-electron chi connectivity index (χ1n) is 4.62. The molecule has 0 saturated heterocycles. The normalized spacial score (nSPS) is 11.9. The number of amides is 1. The summed E-state index contributed by atoms with van der Waals surface area (Å²) in [6.07, 6.45) is -4.08. The highest BCUT2D eigenvalue weighted by Crippen LogP contribution is 2.04. The molecule has 0 aliphatic carbocycles. The minimum absolute atomic E-state index is 0.0360. The Bertz CT molecular complexity index is 339. The smallest absolute Gasteiger partial charge is 0.421 e. The summed E-state index contributed by atoms with van der Waals surface area (Å²) >= 11 is 5.29. The van der Waals surface area contributed by atoms with E-state index in [2.05, 4.69) is 4.74 Å². The molecule has 0 heterocycles. The molecule has 0 bridgehead atoms. The molecular weight excluding hydrogens is 282 g/mol. The Labute approximate surface area is 103 Å². The number of nitrogens with zero attached hydrogens (tertiary/aromatic N) is 1. The standard InChI is InChI=1S/C7H13ClF2N2O4S/c1-2-16-7(13)11-17(14,15)12(4-3-8)5-6(9)10/h6H,2-5H2,1H3,(H,11,13). The fraction of sp³-hybridized carbons (Fsp3) is 0.857. The van der Waals surface area contributed by atoms with E-state index in [1.807, 2.05) is 0 Å². The van der Waals surface area contributed by atoms with Crippen LogP contribution in [0.5, 0.6) is 0 Å². The number of carbonyl (C=O) groups is 1. The van der Waals surface area contributed by atoms with Gasteiger partial charge in [0.1, 0.15) is 0 Å². The average molecular weight is 295 g/mol. The molecule has 0 fully saturated rings. The monoisotopic (exact) mass is 294 g/mol. The number of nitrogens with one attached hydrogen (secondary N) is 1. The summed E-state index contributed by atoms with van der Waals surface area (Å²) in [6, 6.07) is 0. The molecule has 0 saturated carbocycles. The molecule has 0 rings (SSSR count). The van der Waals surface area contributed by atoms with E-state index < -0.39 is 29.3 Å². The fourth-order valence-electron chi connectivity index (χ4n) is 0.888. The Balaban J connectivity index is 4.65. The number of carbonyl (C=O) groups excluding carboxylic acids is 1. The van der Waals surface area contributed by atoms with Crippen LogP contribution in [0.25, 0.3) is 0 Å². The van der Waals surface area contributed by atoms with Gasteiger partial charge in [-0.2, -0.15) is 12.7 Å².